The second-order valence-electron chi connectivity index (χ2n) is 10.2. The lowest BCUT2D eigenvalue weighted by molar-refractivity contribution is -0.117. The van der Waals surface area contributed by atoms with Crippen molar-refractivity contribution in [1.82, 2.24) is 14.8 Å². The van der Waals surface area contributed by atoms with E-state index in [0.29, 0.717) is 46.4 Å². The zero-order chi connectivity index (χ0) is 26.6. The Bertz CT molecular complexity index is 1300. The van der Waals surface area contributed by atoms with Gasteiger partial charge in [-0.15, -0.1) is 0 Å². The van der Waals surface area contributed by atoms with Gasteiger partial charge in [-0.1, -0.05) is 6.92 Å². The molecule has 1 unspecified atom stereocenters. The normalized spacial score (nSPS) is 19.8. The molecule has 9 heteroatoms. The standard InChI is InChI=1S/C29H35FN4O4/c1-19-15-21(19)29(35)32-20-5-6-26(23(30)16-20)38-25-7-8-31-24-18-28(27(36-3)17-22(24)25)37-14-4-9-34-12-10-33(2)11-13-34/h5-8,16-19,21H,4,9-15H2,1-3H3,(H,32,35)/t19?,21-/m1/s1. The predicted molar refractivity (Wildman–Crippen MR) is 145 cm³/mol. The molecule has 2 heterocycles. The van der Waals surface area contributed by atoms with Gasteiger partial charge in [-0.3, -0.25) is 9.78 Å². The number of aromatic nitrogens is 1. The van der Waals surface area contributed by atoms with Crippen LogP contribution in [0.15, 0.2) is 42.6 Å². The fraction of sp³-hybridized carbons (Fsp3) is 0.448. The number of fused-ring (bicyclic) bond motifs is 1. The number of amides is 1. The van der Waals surface area contributed by atoms with Gasteiger partial charge in [-0.05, 0) is 50.1 Å². The molecule has 0 spiro atoms. The molecule has 2 fully saturated rings. The van der Waals surface area contributed by atoms with Crippen LogP contribution < -0.4 is 19.5 Å². The highest BCUT2D eigenvalue weighted by molar-refractivity contribution is 5.94. The van der Waals surface area contributed by atoms with Crippen LogP contribution in [-0.4, -0.2) is 74.2 Å². The predicted octanol–water partition coefficient (Wildman–Crippen LogP) is 4.79. The van der Waals surface area contributed by atoms with E-state index in [0.717, 1.165) is 45.6 Å². The number of benzene rings is 2. The summed E-state index contributed by atoms with van der Waals surface area (Å²) in [5.41, 5.74) is 1.06. The van der Waals surface area contributed by atoms with Gasteiger partial charge in [0.2, 0.25) is 5.91 Å². The Hall–Kier alpha value is -3.43. The maximum atomic E-state index is 14.9. The lowest BCUT2D eigenvalue weighted by atomic mass is 10.1. The number of carbonyl (C=O) groups is 1. The molecule has 1 aliphatic carbocycles. The maximum absolute atomic E-state index is 14.9. The molecule has 2 aliphatic rings. The molecule has 3 aromatic rings. The highest BCUT2D eigenvalue weighted by atomic mass is 19.1. The van der Waals surface area contributed by atoms with Crippen molar-refractivity contribution < 1.29 is 23.4 Å². The van der Waals surface area contributed by atoms with Gasteiger partial charge in [-0.25, -0.2) is 4.39 Å². The van der Waals surface area contributed by atoms with E-state index in [1.54, 1.807) is 31.5 Å². The van der Waals surface area contributed by atoms with E-state index in [1.807, 2.05) is 13.0 Å². The van der Waals surface area contributed by atoms with Crippen molar-refractivity contribution in [3.8, 4) is 23.0 Å². The first-order valence-electron chi connectivity index (χ1n) is 13.2. The van der Waals surface area contributed by atoms with E-state index in [9.17, 15) is 9.18 Å². The number of ether oxygens (including phenoxy) is 3. The Labute approximate surface area is 222 Å². The number of halogens is 1. The lowest BCUT2D eigenvalue weighted by Crippen LogP contribution is -2.44. The van der Waals surface area contributed by atoms with E-state index in [4.69, 9.17) is 14.2 Å². The second kappa shape index (κ2) is 11.5. The van der Waals surface area contributed by atoms with Crippen molar-refractivity contribution in [2.45, 2.75) is 19.8 Å². The number of nitrogens with one attached hydrogen (secondary N) is 1. The molecule has 1 aromatic heterocycles. The summed E-state index contributed by atoms with van der Waals surface area (Å²) in [6, 6.07) is 9.74. The lowest BCUT2D eigenvalue weighted by Gasteiger charge is -2.32. The Balaban J connectivity index is 1.25. The summed E-state index contributed by atoms with van der Waals surface area (Å²) in [5.74, 6) is 1.42. The number of hydrogen-bond donors (Lipinski definition) is 1. The van der Waals surface area contributed by atoms with Crippen molar-refractivity contribution in [2.24, 2.45) is 11.8 Å². The van der Waals surface area contributed by atoms with Crippen LogP contribution >= 0.6 is 0 Å². The number of carbonyl (C=O) groups excluding carboxylic acids is 1. The number of rotatable bonds is 10. The summed E-state index contributed by atoms with van der Waals surface area (Å²) < 4.78 is 32.5. The summed E-state index contributed by atoms with van der Waals surface area (Å²) >= 11 is 0. The van der Waals surface area contributed by atoms with Crippen LogP contribution in [0.5, 0.6) is 23.0 Å². The van der Waals surface area contributed by atoms with Gasteiger partial charge < -0.3 is 29.3 Å². The molecule has 38 heavy (non-hydrogen) atoms. The molecule has 1 saturated heterocycles. The summed E-state index contributed by atoms with van der Waals surface area (Å²) in [5, 5.41) is 3.45. The summed E-state index contributed by atoms with van der Waals surface area (Å²) in [7, 11) is 3.74. The largest absolute Gasteiger partial charge is 0.493 e. The second-order valence-corrected chi connectivity index (χ2v) is 10.2. The first-order chi connectivity index (χ1) is 18.4. The van der Waals surface area contributed by atoms with E-state index in [1.165, 1.54) is 12.1 Å². The van der Waals surface area contributed by atoms with Gasteiger partial charge in [0.1, 0.15) is 5.75 Å². The summed E-state index contributed by atoms with van der Waals surface area (Å²) in [6.45, 7) is 7.95. The third kappa shape index (κ3) is 6.16. The molecule has 1 N–H and O–H groups in total. The molecule has 8 nitrogen and oxygen atoms in total. The zero-order valence-corrected chi connectivity index (χ0v) is 22.2. The van der Waals surface area contributed by atoms with E-state index >= 15 is 0 Å². The van der Waals surface area contributed by atoms with Crippen LogP contribution in [0.2, 0.25) is 0 Å². The molecule has 0 radical (unpaired) electrons. The van der Waals surface area contributed by atoms with Crippen LogP contribution in [0.3, 0.4) is 0 Å². The van der Waals surface area contributed by atoms with Crippen molar-refractivity contribution >= 4 is 22.5 Å². The number of piperazine rings is 1. The van der Waals surface area contributed by atoms with Gasteiger partial charge in [0, 0.05) is 68.0 Å². The number of methoxy groups -OCH3 is 1. The molecule has 2 atom stereocenters. The molecule has 2 aromatic carbocycles. The van der Waals surface area contributed by atoms with E-state index < -0.39 is 5.82 Å². The Morgan fingerprint density at radius 1 is 1.08 bits per heavy atom. The average Bonchev–Trinajstić information content (AvgIpc) is 3.65. The van der Waals surface area contributed by atoms with E-state index in [2.05, 4.69) is 27.1 Å². The monoisotopic (exact) mass is 522 g/mol. The van der Waals surface area contributed by atoms with Crippen molar-refractivity contribution in [2.75, 3.05) is 58.8 Å². The number of likely N-dealkylation sites (N-methyl/N-ethyl adjacent to an activating group) is 1. The number of hydrogen-bond acceptors (Lipinski definition) is 7. The minimum atomic E-state index is -0.566. The zero-order valence-electron chi connectivity index (χ0n) is 22.2. The topological polar surface area (TPSA) is 76.2 Å². The molecular weight excluding hydrogens is 487 g/mol. The average molecular weight is 523 g/mol. The molecule has 1 aliphatic heterocycles. The van der Waals surface area contributed by atoms with Gasteiger partial charge in [-0.2, -0.15) is 0 Å². The first-order valence-corrected chi connectivity index (χ1v) is 13.2. The Morgan fingerprint density at radius 2 is 1.87 bits per heavy atom. The van der Waals surface area contributed by atoms with Crippen LogP contribution in [0, 0.1) is 17.7 Å². The Morgan fingerprint density at radius 3 is 2.58 bits per heavy atom. The smallest absolute Gasteiger partial charge is 0.227 e. The van der Waals surface area contributed by atoms with Crippen molar-refractivity contribution in [1.29, 1.82) is 0 Å². The fourth-order valence-electron chi connectivity index (χ4n) is 4.73. The quantitative estimate of drug-likeness (QED) is 0.384. The van der Waals surface area contributed by atoms with Crippen molar-refractivity contribution in [3.63, 3.8) is 0 Å². The van der Waals surface area contributed by atoms with Gasteiger partial charge >= 0.3 is 0 Å². The fourth-order valence-corrected chi connectivity index (χ4v) is 4.73. The minimum Gasteiger partial charge on any atom is -0.493 e. The van der Waals surface area contributed by atoms with Crippen LogP contribution in [0.1, 0.15) is 19.8 Å². The molecular formula is C29H35FN4O4. The summed E-state index contributed by atoms with van der Waals surface area (Å²) in [4.78, 5) is 21.4. The number of pyridine rings is 1. The van der Waals surface area contributed by atoms with Gasteiger partial charge in [0.15, 0.2) is 23.1 Å². The number of nitrogens with zero attached hydrogens (tertiary/aromatic N) is 3. The Kier molecular flexibility index (Phi) is 7.95. The third-order valence-corrected chi connectivity index (χ3v) is 7.32. The molecule has 202 valence electrons. The first kappa shape index (κ1) is 26.2. The minimum absolute atomic E-state index is 0.0120. The van der Waals surface area contributed by atoms with E-state index in [-0.39, 0.29) is 17.6 Å². The van der Waals surface area contributed by atoms with Crippen LogP contribution in [0.25, 0.3) is 10.9 Å². The SMILES string of the molecule is COc1cc2c(Oc3ccc(NC(=O)[C@@H]4CC4C)cc3F)ccnc2cc1OCCCN1CCN(C)CC1. The van der Waals surface area contributed by atoms with Gasteiger partial charge in [0.05, 0.1) is 19.2 Å². The molecule has 5 rings (SSSR count). The highest BCUT2D eigenvalue weighted by Gasteiger charge is 2.39. The summed E-state index contributed by atoms with van der Waals surface area (Å²) in [6.07, 6.45) is 3.40. The van der Waals surface area contributed by atoms with Crippen LogP contribution in [0.4, 0.5) is 10.1 Å². The third-order valence-electron chi connectivity index (χ3n) is 7.32. The molecule has 0 bridgehead atoms. The maximum Gasteiger partial charge on any atom is 0.227 e. The van der Waals surface area contributed by atoms with Crippen molar-refractivity contribution in [3.05, 3.63) is 48.4 Å². The molecule has 1 amide bonds. The molecule has 1 saturated carbocycles. The number of anilines is 1. The van der Waals surface area contributed by atoms with Gasteiger partial charge in [0.25, 0.3) is 0 Å². The van der Waals surface area contributed by atoms with Crippen LogP contribution in [-0.2, 0) is 4.79 Å². The highest BCUT2D eigenvalue weighted by Crippen LogP contribution is 2.40.